The van der Waals surface area contributed by atoms with Gasteiger partial charge >= 0.3 is 11.7 Å². The van der Waals surface area contributed by atoms with E-state index in [1.807, 2.05) is 24.5 Å². The SMILES string of the molecule is CC(C)=CCn1c(N2CCNCC2)nc2c1c(=O)n(C1CCOC1=O)c(=O)n2C. The molecule has 1 atom stereocenters. The molecule has 156 valence electrons. The van der Waals surface area contributed by atoms with Crippen LogP contribution in [0.25, 0.3) is 11.2 Å². The molecule has 0 radical (unpaired) electrons. The van der Waals surface area contributed by atoms with Gasteiger partial charge in [0.25, 0.3) is 5.56 Å². The van der Waals surface area contributed by atoms with E-state index in [-0.39, 0.29) is 6.61 Å². The number of carbonyl (C=O) groups excluding carboxylic acids is 1. The predicted molar refractivity (Wildman–Crippen MR) is 108 cm³/mol. The molecule has 0 amide bonds. The first-order valence-corrected chi connectivity index (χ1v) is 9.87. The molecule has 0 bridgehead atoms. The van der Waals surface area contributed by atoms with E-state index >= 15 is 0 Å². The van der Waals surface area contributed by atoms with E-state index < -0.39 is 23.3 Å². The zero-order valence-corrected chi connectivity index (χ0v) is 17.0. The average molecular weight is 402 g/mol. The minimum Gasteiger partial charge on any atom is -0.464 e. The quantitative estimate of drug-likeness (QED) is 0.556. The number of esters is 1. The first-order valence-electron chi connectivity index (χ1n) is 9.87. The number of hydrogen-bond donors (Lipinski definition) is 1. The molecule has 1 N–H and O–H groups in total. The van der Waals surface area contributed by atoms with Crippen LogP contribution in [-0.4, -0.2) is 57.4 Å². The molecule has 29 heavy (non-hydrogen) atoms. The number of imidazole rings is 1. The summed E-state index contributed by atoms with van der Waals surface area (Å²) < 4.78 is 9.23. The van der Waals surface area contributed by atoms with Crippen LogP contribution in [0.1, 0.15) is 26.3 Å². The van der Waals surface area contributed by atoms with Crippen molar-refractivity contribution in [2.24, 2.45) is 7.05 Å². The van der Waals surface area contributed by atoms with Gasteiger partial charge in [-0.05, 0) is 13.8 Å². The van der Waals surface area contributed by atoms with E-state index in [1.54, 1.807) is 7.05 Å². The second-order valence-electron chi connectivity index (χ2n) is 7.70. The standard InChI is InChI=1S/C19H26N6O4/c1-12(2)4-8-24-14-15(21-18(24)23-9-6-20-7-10-23)22(3)19(28)25(16(14)26)13-5-11-29-17(13)27/h4,13,20H,5-11H2,1-3H3. The Morgan fingerprint density at radius 1 is 1.24 bits per heavy atom. The minimum absolute atomic E-state index is 0.209. The topological polar surface area (TPSA) is 103 Å². The van der Waals surface area contributed by atoms with Crippen molar-refractivity contribution in [2.75, 3.05) is 37.7 Å². The largest absolute Gasteiger partial charge is 0.464 e. The highest BCUT2D eigenvalue weighted by Crippen LogP contribution is 2.22. The lowest BCUT2D eigenvalue weighted by atomic mass is 10.2. The average Bonchev–Trinajstić information content (AvgIpc) is 3.29. The van der Waals surface area contributed by atoms with Gasteiger partial charge in [0.05, 0.1) is 6.61 Å². The van der Waals surface area contributed by atoms with Gasteiger partial charge in [0, 0.05) is 46.2 Å². The molecule has 1 unspecified atom stereocenters. The van der Waals surface area contributed by atoms with Crippen LogP contribution >= 0.6 is 0 Å². The van der Waals surface area contributed by atoms with Crippen LogP contribution in [0.2, 0.25) is 0 Å². The number of piperazine rings is 1. The third-order valence-electron chi connectivity index (χ3n) is 5.46. The fourth-order valence-electron chi connectivity index (χ4n) is 3.87. The van der Waals surface area contributed by atoms with Crippen LogP contribution in [0.4, 0.5) is 5.95 Å². The molecule has 4 heterocycles. The third kappa shape index (κ3) is 3.27. The Kier molecular flexibility index (Phi) is 5.03. The van der Waals surface area contributed by atoms with Crippen LogP contribution in [0.3, 0.4) is 0 Å². The number of rotatable bonds is 4. The van der Waals surface area contributed by atoms with Gasteiger partial charge in [0.2, 0.25) is 5.95 Å². The summed E-state index contributed by atoms with van der Waals surface area (Å²) in [7, 11) is 1.58. The number of ether oxygens (including phenoxy) is 1. The molecular formula is C19H26N6O4. The van der Waals surface area contributed by atoms with Crippen LogP contribution in [-0.2, 0) is 23.1 Å². The molecular weight excluding hydrogens is 376 g/mol. The number of anilines is 1. The minimum atomic E-state index is -0.889. The van der Waals surface area contributed by atoms with Crippen molar-refractivity contribution in [2.45, 2.75) is 32.9 Å². The van der Waals surface area contributed by atoms with E-state index in [0.717, 1.165) is 36.3 Å². The number of nitrogens with zero attached hydrogens (tertiary/aromatic N) is 5. The molecule has 0 spiro atoms. The van der Waals surface area contributed by atoms with Gasteiger partial charge in [-0.25, -0.2) is 14.2 Å². The Morgan fingerprint density at radius 3 is 2.59 bits per heavy atom. The van der Waals surface area contributed by atoms with E-state index in [0.29, 0.717) is 30.1 Å². The zero-order valence-electron chi connectivity index (χ0n) is 17.0. The monoisotopic (exact) mass is 402 g/mol. The van der Waals surface area contributed by atoms with Crippen LogP contribution in [0.5, 0.6) is 0 Å². The van der Waals surface area contributed by atoms with Gasteiger partial charge in [0.15, 0.2) is 11.2 Å². The number of aromatic nitrogens is 4. The summed E-state index contributed by atoms with van der Waals surface area (Å²) in [5.41, 5.74) is 0.729. The summed E-state index contributed by atoms with van der Waals surface area (Å²) in [6, 6.07) is -0.889. The number of nitrogens with one attached hydrogen (secondary N) is 1. The number of cyclic esters (lactones) is 1. The lowest BCUT2D eigenvalue weighted by Gasteiger charge is -2.28. The van der Waals surface area contributed by atoms with Gasteiger partial charge in [-0.3, -0.25) is 9.36 Å². The summed E-state index contributed by atoms with van der Waals surface area (Å²) in [5.74, 6) is 0.124. The highest BCUT2D eigenvalue weighted by atomic mass is 16.5. The highest BCUT2D eigenvalue weighted by molar-refractivity contribution is 5.78. The first-order chi connectivity index (χ1) is 13.9. The fraction of sp³-hybridized carbons (Fsp3) is 0.579. The molecule has 2 aliphatic rings. The summed E-state index contributed by atoms with van der Waals surface area (Å²) >= 11 is 0. The Labute approximate surface area is 167 Å². The molecule has 0 saturated carbocycles. The van der Waals surface area contributed by atoms with Gasteiger partial charge in [-0.15, -0.1) is 0 Å². The van der Waals surface area contributed by atoms with Crippen molar-refractivity contribution < 1.29 is 9.53 Å². The van der Waals surface area contributed by atoms with Crippen LogP contribution in [0, 0.1) is 0 Å². The molecule has 2 aromatic rings. The highest BCUT2D eigenvalue weighted by Gasteiger charge is 2.33. The molecule has 2 aromatic heterocycles. The Bertz CT molecular complexity index is 1100. The Morgan fingerprint density at radius 2 is 1.97 bits per heavy atom. The van der Waals surface area contributed by atoms with Crippen LogP contribution in [0.15, 0.2) is 21.2 Å². The molecule has 0 aliphatic carbocycles. The van der Waals surface area contributed by atoms with E-state index in [2.05, 4.69) is 15.2 Å². The molecule has 0 aromatic carbocycles. The van der Waals surface area contributed by atoms with Crippen molar-refractivity contribution in [3.8, 4) is 0 Å². The van der Waals surface area contributed by atoms with Crippen molar-refractivity contribution >= 4 is 23.1 Å². The maximum atomic E-state index is 13.4. The van der Waals surface area contributed by atoms with Gasteiger partial charge < -0.3 is 19.5 Å². The fourth-order valence-corrected chi connectivity index (χ4v) is 3.87. The summed E-state index contributed by atoms with van der Waals surface area (Å²) in [5, 5.41) is 3.31. The normalized spacial score (nSPS) is 19.6. The van der Waals surface area contributed by atoms with Crippen molar-refractivity contribution in [1.82, 2.24) is 24.0 Å². The first kappa shape index (κ1) is 19.4. The number of fused-ring (bicyclic) bond motifs is 1. The third-order valence-corrected chi connectivity index (χ3v) is 5.46. The van der Waals surface area contributed by atoms with Crippen molar-refractivity contribution in [3.63, 3.8) is 0 Å². The molecule has 10 nitrogen and oxygen atoms in total. The summed E-state index contributed by atoms with van der Waals surface area (Å²) in [6.07, 6.45) is 2.33. The van der Waals surface area contributed by atoms with E-state index in [1.165, 1.54) is 4.57 Å². The molecule has 2 aliphatic heterocycles. The Hall–Kier alpha value is -2.88. The number of allylic oxidation sites excluding steroid dienone is 2. The summed E-state index contributed by atoms with van der Waals surface area (Å²) in [4.78, 5) is 45.3. The number of aryl methyl sites for hydroxylation is 1. The van der Waals surface area contributed by atoms with Gasteiger partial charge in [-0.2, -0.15) is 4.98 Å². The number of hydrogen-bond acceptors (Lipinski definition) is 7. The van der Waals surface area contributed by atoms with E-state index in [4.69, 9.17) is 4.74 Å². The molecule has 4 rings (SSSR count). The second kappa shape index (κ2) is 7.51. The smallest absolute Gasteiger partial charge is 0.333 e. The van der Waals surface area contributed by atoms with E-state index in [9.17, 15) is 14.4 Å². The number of carbonyl (C=O) groups is 1. The Balaban J connectivity index is 1.99. The lowest BCUT2D eigenvalue weighted by Crippen LogP contribution is -2.45. The van der Waals surface area contributed by atoms with Crippen molar-refractivity contribution in [1.29, 1.82) is 0 Å². The molecule has 2 fully saturated rings. The lowest BCUT2D eigenvalue weighted by molar-refractivity contribution is -0.140. The molecule has 2 saturated heterocycles. The maximum absolute atomic E-state index is 13.4. The van der Waals surface area contributed by atoms with Crippen molar-refractivity contribution in [3.05, 3.63) is 32.5 Å². The van der Waals surface area contributed by atoms with Gasteiger partial charge in [-0.1, -0.05) is 11.6 Å². The molecule has 10 heteroatoms. The second-order valence-corrected chi connectivity index (χ2v) is 7.70. The summed E-state index contributed by atoms with van der Waals surface area (Å²) in [6.45, 7) is 7.81. The zero-order chi connectivity index (χ0) is 20.7. The maximum Gasteiger partial charge on any atom is 0.333 e. The van der Waals surface area contributed by atoms with Gasteiger partial charge in [0.1, 0.15) is 6.04 Å². The predicted octanol–water partition coefficient (Wildman–Crippen LogP) is -0.239. The van der Waals surface area contributed by atoms with Crippen LogP contribution < -0.4 is 21.5 Å².